The Balaban J connectivity index is 1.66. The molecule has 1 atom stereocenters. The Morgan fingerprint density at radius 1 is 1.59 bits per heavy atom. The summed E-state index contributed by atoms with van der Waals surface area (Å²) in [5.74, 6) is -0.273. The molecule has 2 radical (unpaired) electrons. The van der Waals surface area contributed by atoms with Crippen LogP contribution in [0.5, 0.6) is 0 Å². The van der Waals surface area contributed by atoms with Crippen molar-refractivity contribution in [2.75, 3.05) is 13.7 Å². The number of hydrazine groups is 1. The first-order chi connectivity index (χ1) is 10.5. The van der Waals surface area contributed by atoms with Crippen molar-refractivity contribution < 1.29 is 14.3 Å². The standard InChI is InChI=1S/C14H18BN3O3S/c1-21-12(19)9-3-2-6-18(17-9)13(20)14(4-5-14)7-11-16-10(15)8-22-11/h8-9,17H,2-7H2,1H3/t9-/m0/s1. The van der Waals surface area contributed by atoms with Gasteiger partial charge in [0.05, 0.1) is 17.5 Å². The van der Waals surface area contributed by atoms with Crippen molar-refractivity contribution in [3.63, 3.8) is 0 Å². The van der Waals surface area contributed by atoms with Crippen molar-refractivity contribution in [2.45, 2.75) is 38.1 Å². The quantitative estimate of drug-likeness (QED) is 0.621. The van der Waals surface area contributed by atoms with Crippen molar-refractivity contribution in [1.29, 1.82) is 0 Å². The van der Waals surface area contributed by atoms with Gasteiger partial charge >= 0.3 is 5.97 Å². The van der Waals surface area contributed by atoms with E-state index in [0.29, 0.717) is 25.0 Å². The second-order valence-corrected chi connectivity index (χ2v) is 6.87. The van der Waals surface area contributed by atoms with E-state index in [2.05, 4.69) is 10.4 Å². The van der Waals surface area contributed by atoms with Gasteiger partial charge in [-0.1, -0.05) is 0 Å². The SMILES string of the molecule is [B]c1csc(CC2(C(=O)N3CCC[C@@H](C(=O)OC)N3)CC2)n1. The molecule has 1 saturated carbocycles. The second kappa shape index (κ2) is 6.00. The Morgan fingerprint density at radius 2 is 2.36 bits per heavy atom. The van der Waals surface area contributed by atoms with Crippen molar-refractivity contribution in [2.24, 2.45) is 5.41 Å². The molecule has 116 valence electrons. The summed E-state index contributed by atoms with van der Waals surface area (Å²) < 4.78 is 4.76. The van der Waals surface area contributed by atoms with Crippen LogP contribution in [0.4, 0.5) is 0 Å². The first kappa shape index (κ1) is 15.5. The molecule has 1 amide bonds. The normalized spacial score (nSPS) is 23.1. The summed E-state index contributed by atoms with van der Waals surface area (Å²) in [5, 5.41) is 4.28. The zero-order valence-corrected chi connectivity index (χ0v) is 13.3. The predicted molar refractivity (Wildman–Crippen MR) is 82.8 cm³/mol. The molecule has 3 rings (SSSR count). The first-order valence-corrected chi connectivity index (χ1v) is 8.28. The molecule has 0 aromatic carbocycles. The van der Waals surface area contributed by atoms with E-state index in [1.54, 1.807) is 10.4 Å². The van der Waals surface area contributed by atoms with Gasteiger partial charge in [-0.3, -0.25) is 19.6 Å². The Bertz CT molecular complexity index is 588. The van der Waals surface area contributed by atoms with Crippen LogP contribution in [0.3, 0.4) is 0 Å². The zero-order chi connectivity index (χ0) is 15.7. The molecular formula is C14H18BN3O3S. The molecule has 1 aromatic heterocycles. The van der Waals surface area contributed by atoms with E-state index in [4.69, 9.17) is 12.6 Å². The molecule has 0 unspecified atom stereocenters. The monoisotopic (exact) mass is 319 g/mol. The molecule has 1 aliphatic heterocycles. The van der Waals surface area contributed by atoms with Gasteiger partial charge in [-0.05, 0) is 31.3 Å². The number of hydrogen-bond donors (Lipinski definition) is 1. The number of ether oxygens (including phenoxy) is 1. The maximum Gasteiger partial charge on any atom is 0.324 e. The molecular weight excluding hydrogens is 301 g/mol. The lowest BCUT2D eigenvalue weighted by atomic mass is 10.00. The van der Waals surface area contributed by atoms with Crippen molar-refractivity contribution >= 4 is 36.7 Å². The number of carbonyl (C=O) groups is 2. The molecule has 2 fully saturated rings. The lowest BCUT2D eigenvalue weighted by molar-refractivity contribution is -0.151. The van der Waals surface area contributed by atoms with Crippen LogP contribution in [0.25, 0.3) is 0 Å². The van der Waals surface area contributed by atoms with E-state index in [1.807, 2.05) is 0 Å². The second-order valence-electron chi connectivity index (χ2n) is 5.93. The zero-order valence-electron chi connectivity index (χ0n) is 12.5. The van der Waals surface area contributed by atoms with Crippen molar-refractivity contribution in [1.82, 2.24) is 15.4 Å². The van der Waals surface area contributed by atoms with Crippen LogP contribution in [0.15, 0.2) is 5.38 Å². The van der Waals surface area contributed by atoms with Gasteiger partial charge in [0.1, 0.15) is 13.9 Å². The van der Waals surface area contributed by atoms with Crippen LogP contribution < -0.4 is 11.0 Å². The fourth-order valence-electron chi connectivity index (χ4n) is 2.84. The third-order valence-corrected chi connectivity index (χ3v) is 5.15. The van der Waals surface area contributed by atoms with Gasteiger partial charge in [-0.25, -0.2) is 5.43 Å². The minimum atomic E-state index is -0.436. The molecule has 22 heavy (non-hydrogen) atoms. The summed E-state index contributed by atoms with van der Waals surface area (Å²) in [6, 6.07) is -0.436. The highest BCUT2D eigenvalue weighted by molar-refractivity contribution is 7.10. The Hall–Kier alpha value is -1.41. The lowest BCUT2D eigenvalue weighted by Crippen LogP contribution is -2.57. The Kier molecular flexibility index (Phi) is 4.23. The van der Waals surface area contributed by atoms with Crippen molar-refractivity contribution in [3.8, 4) is 0 Å². The first-order valence-electron chi connectivity index (χ1n) is 7.40. The number of aromatic nitrogens is 1. The summed E-state index contributed by atoms with van der Waals surface area (Å²) in [6.07, 6.45) is 3.80. The molecule has 1 saturated heterocycles. The van der Waals surface area contributed by atoms with Crippen LogP contribution in [-0.4, -0.2) is 49.4 Å². The molecule has 6 nitrogen and oxygen atoms in total. The molecule has 2 aliphatic rings. The third kappa shape index (κ3) is 3.03. The highest BCUT2D eigenvalue weighted by Gasteiger charge is 2.52. The van der Waals surface area contributed by atoms with Gasteiger partial charge in [-0.2, -0.15) is 0 Å². The molecule has 1 aliphatic carbocycles. The van der Waals surface area contributed by atoms with E-state index in [0.717, 1.165) is 24.3 Å². The van der Waals surface area contributed by atoms with E-state index >= 15 is 0 Å². The van der Waals surface area contributed by atoms with E-state index in [1.165, 1.54) is 18.4 Å². The van der Waals surface area contributed by atoms with Crippen LogP contribution in [-0.2, 0) is 20.7 Å². The minimum Gasteiger partial charge on any atom is -0.468 e. The molecule has 2 heterocycles. The average Bonchev–Trinajstić information content (AvgIpc) is 3.21. The number of amides is 1. The highest BCUT2D eigenvalue weighted by atomic mass is 32.1. The van der Waals surface area contributed by atoms with Gasteiger partial charge in [-0.15, -0.1) is 11.3 Å². The maximum atomic E-state index is 12.8. The summed E-state index contributed by atoms with van der Waals surface area (Å²) in [5.41, 5.74) is 3.13. The Morgan fingerprint density at radius 3 is 2.95 bits per heavy atom. The van der Waals surface area contributed by atoms with E-state index in [-0.39, 0.29) is 17.3 Å². The third-order valence-electron chi connectivity index (χ3n) is 4.28. The van der Waals surface area contributed by atoms with E-state index < -0.39 is 6.04 Å². The van der Waals surface area contributed by atoms with Crippen LogP contribution in [0.2, 0.25) is 0 Å². The predicted octanol–water partition coefficient (Wildman–Crippen LogP) is -0.0718. The number of thiazole rings is 1. The number of nitrogens with zero attached hydrogens (tertiary/aromatic N) is 2. The number of rotatable bonds is 4. The van der Waals surface area contributed by atoms with Gasteiger partial charge < -0.3 is 4.74 Å². The largest absolute Gasteiger partial charge is 0.468 e. The summed E-state index contributed by atoms with van der Waals surface area (Å²) in [7, 11) is 7.00. The number of carbonyl (C=O) groups excluding carboxylic acids is 2. The maximum absolute atomic E-state index is 12.8. The van der Waals surface area contributed by atoms with E-state index in [9.17, 15) is 9.59 Å². The van der Waals surface area contributed by atoms with Crippen LogP contribution in [0, 0.1) is 5.41 Å². The Labute approximate surface area is 134 Å². The van der Waals surface area contributed by atoms with Gasteiger partial charge in [0.15, 0.2) is 0 Å². The fourth-order valence-corrected chi connectivity index (χ4v) is 3.67. The number of methoxy groups -OCH3 is 1. The van der Waals surface area contributed by atoms with Gasteiger partial charge in [0.25, 0.3) is 0 Å². The lowest BCUT2D eigenvalue weighted by Gasteiger charge is -2.34. The number of nitrogens with one attached hydrogen (secondary N) is 1. The molecule has 0 spiro atoms. The summed E-state index contributed by atoms with van der Waals surface area (Å²) >= 11 is 1.49. The molecule has 1 aromatic rings. The topological polar surface area (TPSA) is 71.5 Å². The number of esters is 1. The van der Waals surface area contributed by atoms with Crippen LogP contribution in [0.1, 0.15) is 30.7 Å². The summed E-state index contributed by atoms with van der Waals surface area (Å²) in [4.78, 5) is 28.7. The highest BCUT2D eigenvalue weighted by Crippen LogP contribution is 2.50. The van der Waals surface area contributed by atoms with Gasteiger partial charge in [0, 0.05) is 18.3 Å². The van der Waals surface area contributed by atoms with Crippen LogP contribution >= 0.6 is 11.3 Å². The average molecular weight is 319 g/mol. The molecule has 0 bridgehead atoms. The smallest absolute Gasteiger partial charge is 0.324 e. The van der Waals surface area contributed by atoms with Gasteiger partial charge in [0.2, 0.25) is 5.91 Å². The molecule has 1 N–H and O–H groups in total. The van der Waals surface area contributed by atoms with Crippen molar-refractivity contribution in [3.05, 3.63) is 10.4 Å². The minimum absolute atomic E-state index is 0.0508. The number of hydrogen-bond acceptors (Lipinski definition) is 6. The summed E-state index contributed by atoms with van der Waals surface area (Å²) in [6.45, 7) is 0.619. The molecule has 8 heteroatoms. The fraction of sp³-hybridized carbons (Fsp3) is 0.643.